The van der Waals surface area contributed by atoms with E-state index in [0.717, 1.165) is 11.3 Å². The number of amides is 1. The Kier molecular flexibility index (Phi) is 5.41. The highest BCUT2D eigenvalue weighted by molar-refractivity contribution is 5.95. The van der Waals surface area contributed by atoms with Crippen LogP contribution >= 0.6 is 0 Å². The fourth-order valence-electron chi connectivity index (χ4n) is 3.00. The topological polar surface area (TPSA) is 64.9 Å². The molecule has 3 aromatic rings. The molecule has 0 atom stereocenters. The molecule has 0 aliphatic rings. The van der Waals surface area contributed by atoms with Gasteiger partial charge in [0.1, 0.15) is 11.4 Å². The Balaban J connectivity index is 1.76. The number of nitrogens with one attached hydrogen (secondary N) is 1. The summed E-state index contributed by atoms with van der Waals surface area (Å²) in [5.41, 5.74) is 2.92. The number of pyridine rings is 1. The van der Waals surface area contributed by atoms with Crippen LogP contribution in [0.1, 0.15) is 28.7 Å². The van der Waals surface area contributed by atoms with Crippen molar-refractivity contribution in [1.82, 2.24) is 14.7 Å². The highest BCUT2D eigenvalue weighted by Gasteiger charge is 2.18. The molecule has 0 fully saturated rings. The Hall–Kier alpha value is -3.02. The van der Waals surface area contributed by atoms with Gasteiger partial charge in [0.25, 0.3) is 5.91 Å². The molecule has 0 radical (unpaired) electrons. The number of para-hydroxylation sites is 1. The predicted octanol–water partition coefficient (Wildman–Crippen LogP) is 3.02. The fourth-order valence-corrected chi connectivity index (χ4v) is 3.00. The van der Waals surface area contributed by atoms with Crippen molar-refractivity contribution < 1.29 is 14.3 Å². The molecule has 0 aliphatic heterocycles. The maximum Gasteiger partial charge on any atom is 0.270 e. The number of carbonyl (C=O) groups is 1. The maximum atomic E-state index is 12.7. The van der Waals surface area contributed by atoms with Crippen LogP contribution in [-0.2, 0) is 6.42 Å². The van der Waals surface area contributed by atoms with Gasteiger partial charge in [0.15, 0.2) is 11.4 Å². The summed E-state index contributed by atoms with van der Waals surface area (Å²) in [5, 5.41) is 2.97. The fraction of sp³-hybridized carbons (Fsp3) is 0.300. The summed E-state index contributed by atoms with van der Waals surface area (Å²) >= 11 is 0. The van der Waals surface area contributed by atoms with E-state index in [9.17, 15) is 4.79 Å². The zero-order valence-electron chi connectivity index (χ0n) is 15.3. The number of hydrogen-bond donors (Lipinski definition) is 1. The lowest BCUT2D eigenvalue weighted by Crippen LogP contribution is -2.27. The van der Waals surface area contributed by atoms with E-state index >= 15 is 0 Å². The maximum absolute atomic E-state index is 12.7. The minimum absolute atomic E-state index is 0.154. The van der Waals surface area contributed by atoms with Crippen molar-refractivity contribution in [2.75, 3.05) is 20.3 Å². The summed E-state index contributed by atoms with van der Waals surface area (Å²) in [4.78, 5) is 17.2. The van der Waals surface area contributed by atoms with Gasteiger partial charge in [0.2, 0.25) is 0 Å². The number of fused-ring (bicyclic) bond motifs is 1. The van der Waals surface area contributed by atoms with Gasteiger partial charge in [-0.3, -0.25) is 9.20 Å². The van der Waals surface area contributed by atoms with Gasteiger partial charge in [0, 0.05) is 12.7 Å². The van der Waals surface area contributed by atoms with Crippen molar-refractivity contribution in [3.8, 4) is 11.5 Å². The standard InChI is InChI=1S/C20H23N3O3/c1-4-26-17-10-7-13-23-18(14(2)22-19(17)23)20(24)21-12-11-15-8-5-6-9-16(15)25-3/h5-10,13H,4,11-12H2,1-3H3,(H,21,24). The lowest BCUT2D eigenvalue weighted by atomic mass is 10.1. The molecule has 1 aromatic carbocycles. The first-order chi connectivity index (χ1) is 12.7. The van der Waals surface area contributed by atoms with Gasteiger partial charge in [-0.2, -0.15) is 0 Å². The first-order valence-electron chi connectivity index (χ1n) is 8.66. The van der Waals surface area contributed by atoms with Crippen LogP contribution in [0.25, 0.3) is 5.65 Å². The number of nitrogens with zero attached hydrogens (tertiary/aromatic N) is 2. The third-order valence-electron chi connectivity index (χ3n) is 4.18. The Labute approximate surface area is 152 Å². The first-order valence-corrected chi connectivity index (χ1v) is 8.66. The Morgan fingerprint density at radius 2 is 1.96 bits per heavy atom. The summed E-state index contributed by atoms with van der Waals surface area (Å²) in [7, 11) is 1.65. The van der Waals surface area contributed by atoms with E-state index in [1.165, 1.54) is 0 Å². The normalized spacial score (nSPS) is 10.7. The Morgan fingerprint density at radius 1 is 1.19 bits per heavy atom. The molecule has 0 unspecified atom stereocenters. The van der Waals surface area contributed by atoms with E-state index in [2.05, 4.69) is 10.3 Å². The van der Waals surface area contributed by atoms with E-state index in [1.54, 1.807) is 11.5 Å². The van der Waals surface area contributed by atoms with Gasteiger partial charge in [-0.05, 0) is 44.0 Å². The van der Waals surface area contributed by atoms with Gasteiger partial charge in [-0.15, -0.1) is 0 Å². The van der Waals surface area contributed by atoms with Crippen LogP contribution in [-0.4, -0.2) is 35.6 Å². The summed E-state index contributed by atoms with van der Waals surface area (Å²) < 4.78 is 12.7. The van der Waals surface area contributed by atoms with Crippen LogP contribution in [0.3, 0.4) is 0 Å². The number of imidazole rings is 1. The van der Waals surface area contributed by atoms with Crippen molar-refractivity contribution >= 4 is 11.6 Å². The highest BCUT2D eigenvalue weighted by atomic mass is 16.5. The predicted molar refractivity (Wildman–Crippen MR) is 100 cm³/mol. The lowest BCUT2D eigenvalue weighted by Gasteiger charge is -2.10. The summed E-state index contributed by atoms with van der Waals surface area (Å²) in [5.74, 6) is 1.35. The average Bonchev–Trinajstić information content (AvgIpc) is 2.99. The second-order valence-electron chi connectivity index (χ2n) is 5.86. The lowest BCUT2D eigenvalue weighted by molar-refractivity contribution is 0.0947. The molecule has 6 heteroatoms. The molecule has 0 aliphatic carbocycles. The van der Waals surface area contributed by atoms with Crippen molar-refractivity contribution in [3.63, 3.8) is 0 Å². The molecular formula is C20H23N3O3. The molecule has 1 amide bonds. The molecule has 0 spiro atoms. The zero-order chi connectivity index (χ0) is 18.5. The van der Waals surface area contributed by atoms with Crippen molar-refractivity contribution in [3.05, 3.63) is 59.5 Å². The van der Waals surface area contributed by atoms with Gasteiger partial charge >= 0.3 is 0 Å². The van der Waals surface area contributed by atoms with E-state index in [-0.39, 0.29) is 5.91 Å². The molecule has 0 saturated carbocycles. The van der Waals surface area contributed by atoms with E-state index in [0.29, 0.717) is 42.4 Å². The molecule has 1 N–H and O–H groups in total. The Bertz CT molecular complexity index is 918. The number of hydrogen-bond acceptors (Lipinski definition) is 4. The molecule has 6 nitrogen and oxygen atoms in total. The second kappa shape index (κ2) is 7.91. The average molecular weight is 353 g/mol. The Morgan fingerprint density at radius 3 is 2.73 bits per heavy atom. The molecular weight excluding hydrogens is 330 g/mol. The van der Waals surface area contributed by atoms with E-state index in [4.69, 9.17) is 9.47 Å². The van der Waals surface area contributed by atoms with Gasteiger partial charge in [-0.25, -0.2) is 4.98 Å². The minimum atomic E-state index is -0.154. The van der Waals surface area contributed by atoms with Crippen molar-refractivity contribution in [2.24, 2.45) is 0 Å². The molecule has 3 rings (SSSR count). The summed E-state index contributed by atoms with van der Waals surface area (Å²) in [6.07, 6.45) is 2.52. The largest absolute Gasteiger partial charge is 0.496 e. The molecule has 136 valence electrons. The van der Waals surface area contributed by atoms with Crippen LogP contribution in [0.15, 0.2) is 42.6 Å². The first kappa shape index (κ1) is 17.8. The van der Waals surface area contributed by atoms with E-state index in [1.807, 2.05) is 56.4 Å². The smallest absolute Gasteiger partial charge is 0.270 e. The van der Waals surface area contributed by atoms with Crippen LogP contribution in [0, 0.1) is 6.92 Å². The number of rotatable bonds is 7. The number of ether oxygens (including phenoxy) is 2. The van der Waals surface area contributed by atoms with Gasteiger partial charge in [-0.1, -0.05) is 18.2 Å². The molecule has 26 heavy (non-hydrogen) atoms. The van der Waals surface area contributed by atoms with Crippen LogP contribution in [0.4, 0.5) is 0 Å². The third kappa shape index (κ3) is 3.49. The second-order valence-corrected chi connectivity index (χ2v) is 5.86. The summed E-state index contributed by atoms with van der Waals surface area (Å²) in [6.45, 7) is 4.81. The molecule has 2 heterocycles. The van der Waals surface area contributed by atoms with Crippen molar-refractivity contribution in [2.45, 2.75) is 20.3 Å². The van der Waals surface area contributed by atoms with Crippen LogP contribution in [0.2, 0.25) is 0 Å². The monoisotopic (exact) mass is 353 g/mol. The van der Waals surface area contributed by atoms with Gasteiger partial charge in [0.05, 0.1) is 19.4 Å². The highest BCUT2D eigenvalue weighted by Crippen LogP contribution is 2.22. The molecule has 0 bridgehead atoms. The van der Waals surface area contributed by atoms with Gasteiger partial charge < -0.3 is 14.8 Å². The summed E-state index contributed by atoms with van der Waals surface area (Å²) in [6, 6.07) is 11.5. The number of aryl methyl sites for hydroxylation is 1. The van der Waals surface area contributed by atoms with E-state index < -0.39 is 0 Å². The SMILES string of the molecule is CCOc1cccn2c(C(=O)NCCc3ccccc3OC)c(C)nc12. The zero-order valence-corrected chi connectivity index (χ0v) is 15.3. The number of aromatic nitrogens is 2. The minimum Gasteiger partial charge on any atom is -0.496 e. The number of methoxy groups -OCH3 is 1. The van der Waals surface area contributed by atoms with Crippen molar-refractivity contribution in [1.29, 1.82) is 0 Å². The molecule has 0 saturated heterocycles. The van der Waals surface area contributed by atoms with Crippen LogP contribution < -0.4 is 14.8 Å². The third-order valence-corrected chi connectivity index (χ3v) is 4.18. The van der Waals surface area contributed by atoms with Crippen LogP contribution in [0.5, 0.6) is 11.5 Å². The number of carbonyl (C=O) groups excluding carboxylic acids is 1. The number of benzene rings is 1. The molecule has 2 aromatic heterocycles. The quantitative estimate of drug-likeness (QED) is 0.709.